The molecule has 0 radical (unpaired) electrons. The van der Waals surface area contributed by atoms with E-state index >= 15 is 0 Å². The van der Waals surface area contributed by atoms with Crippen LogP contribution in [0, 0.1) is 18.3 Å². The van der Waals surface area contributed by atoms with Crippen molar-refractivity contribution in [3.8, 4) is 28.5 Å². The maximum Gasteiger partial charge on any atom is 0.190 e. The van der Waals surface area contributed by atoms with Crippen molar-refractivity contribution in [1.82, 2.24) is 15.4 Å². The van der Waals surface area contributed by atoms with E-state index in [9.17, 15) is 5.26 Å². The summed E-state index contributed by atoms with van der Waals surface area (Å²) in [5.41, 5.74) is 6.72. The maximum atomic E-state index is 9.19. The highest BCUT2D eigenvalue weighted by Crippen LogP contribution is 2.36. The van der Waals surface area contributed by atoms with Crippen LogP contribution in [0.25, 0.3) is 28.5 Å². The van der Waals surface area contributed by atoms with Crippen molar-refractivity contribution in [2.45, 2.75) is 13.3 Å². The molecule has 1 aliphatic rings. The predicted octanol–water partition coefficient (Wildman–Crippen LogP) is 4.51. The molecule has 0 aliphatic heterocycles. The third-order valence-electron chi connectivity index (χ3n) is 4.06. The van der Waals surface area contributed by atoms with Crippen LogP contribution in [-0.4, -0.2) is 15.4 Å². The highest BCUT2D eigenvalue weighted by Gasteiger charge is 2.15. The molecule has 5 heteroatoms. The van der Waals surface area contributed by atoms with Crippen molar-refractivity contribution in [1.29, 1.82) is 5.26 Å². The number of hydrogen-bond acceptors (Lipinski definition) is 4. The Bertz CT molecular complexity index is 1010. The molecule has 4 nitrogen and oxygen atoms in total. The number of nitrogens with zero attached hydrogens (tertiary/aromatic N) is 3. The first kappa shape index (κ1) is 14.6. The Labute approximate surface area is 143 Å². The lowest BCUT2D eigenvalue weighted by atomic mass is 9.96. The van der Waals surface area contributed by atoms with Gasteiger partial charge in [0.15, 0.2) is 5.69 Å². The fourth-order valence-corrected chi connectivity index (χ4v) is 4.00. The molecule has 3 aromatic rings. The van der Waals surface area contributed by atoms with Gasteiger partial charge in [-0.05, 0) is 59.2 Å². The van der Waals surface area contributed by atoms with Crippen LogP contribution in [-0.2, 0) is 6.42 Å². The first-order chi connectivity index (χ1) is 11.8. The van der Waals surface area contributed by atoms with E-state index in [1.807, 2.05) is 6.07 Å². The van der Waals surface area contributed by atoms with Gasteiger partial charge in [-0.1, -0.05) is 24.3 Å². The van der Waals surface area contributed by atoms with Gasteiger partial charge < -0.3 is 0 Å². The fourth-order valence-electron chi connectivity index (χ4n) is 2.98. The Morgan fingerprint density at radius 2 is 2.04 bits per heavy atom. The molecule has 0 spiro atoms. The highest BCUT2D eigenvalue weighted by molar-refractivity contribution is 7.11. The molecule has 116 valence electrons. The zero-order valence-electron chi connectivity index (χ0n) is 13.1. The molecular formula is C19H14N4S. The van der Waals surface area contributed by atoms with E-state index in [0.29, 0.717) is 11.4 Å². The summed E-state index contributed by atoms with van der Waals surface area (Å²) in [6.45, 7) is 2.06. The van der Waals surface area contributed by atoms with Crippen LogP contribution in [0.5, 0.6) is 0 Å². The van der Waals surface area contributed by atoms with Gasteiger partial charge in [-0.15, -0.1) is 16.4 Å². The minimum Gasteiger partial charge on any atom is -0.196 e. The average molecular weight is 330 g/mol. The second-order valence-corrected chi connectivity index (χ2v) is 6.62. The van der Waals surface area contributed by atoms with Gasteiger partial charge in [-0.2, -0.15) is 15.6 Å². The quantitative estimate of drug-likeness (QED) is 0.752. The van der Waals surface area contributed by atoms with Gasteiger partial charge >= 0.3 is 0 Å². The molecule has 24 heavy (non-hydrogen) atoms. The lowest BCUT2D eigenvalue weighted by Gasteiger charge is -2.08. The zero-order chi connectivity index (χ0) is 16.5. The number of benzene rings is 1. The van der Waals surface area contributed by atoms with E-state index < -0.39 is 0 Å². The number of fused-ring (bicyclic) bond motifs is 1. The van der Waals surface area contributed by atoms with Gasteiger partial charge in [0, 0.05) is 10.4 Å². The number of thiophene rings is 1. The summed E-state index contributed by atoms with van der Waals surface area (Å²) < 4.78 is 0. The van der Waals surface area contributed by atoms with Crippen molar-refractivity contribution in [3.63, 3.8) is 0 Å². The van der Waals surface area contributed by atoms with Crippen molar-refractivity contribution >= 4 is 17.4 Å². The molecule has 1 aliphatic carbocycles. The summed E-state index contributed by atoms with van der Waals surface area (Å²) in [7, 11) is 0. The van der Waals surface area contributed by atoms with Gasteiger partial charge in [0.1, 0.15) is 11.8 Å². The lowest BCUT2D eigenvalue weighted by molar-refractivity contribution is 0.937. The number of nitrogens with one attached hydrogen (secondary N) is 1. The smallest absolute Gasteiger partial charge is 0.190 e. The third kappa shape index (κ3) is 2.47. The molecule has 2 aromatic heterocycles. The van der Waals surface area contributed by atoms with E-state index in [-0.39, 0.29) is 0 Å². The summed E-state index contributed by atoms with van der Waals surface area (Å²) in [4.78, 5) is 1.30. The summed E-state index contributed by atoms with van der Waals surface area (Å²) in [6.07, 6.45) is 9.45. The highest BCUT2D eigenvalue weighted by atomic mass is 32.1. The molecule has 4 rings (SSSR count). The summed E-state index contributed by atoms with van der Waals surface area (Å²) in [6, 6.07) is 8.39. The predicted molar refractivity (Wildman–Crippen MR) is 96.5 cm³/mol. The number of nitriles is 1. The van der Waals surface area contributed by atoms with Crippen LogP contribution < -0.4 is 0 Å². The Balaban J connectivity index is 1.87. The zero-order valence-corrected chi connectivity index (χ0v) is 13.9. The Morgan fingerprint density at radius 3 is 2.92 bits per heavy atom. The van der Waals surface area contributed by atoms with Gasteiger partial charge in [-0.25, -0.2) is 0 Å². The van der Waals surface area contributed by atoms with Crippen molar-refractivity contribution < 1.29 is 0 Å². The standard InChI is InChI=1S/C19H14N4S/c1-12-7-13(9-14(8-12)19-17(10-20)21-23-22-19)16-11-24-18-6-4-2-3-5-15(16)18/h2-4,6-9,11H,5H2,1H3,(H,21,22,23). The van der Waals surface area contributed by atoms with Crippen molar-refractivity contribution in [2.75, 3.05) is 0 Å². The maximum absolute atomic E-state index is 9.19. The number of hydrogen-bond donors (Lipinski definition) is 1. The van der Waals surface area contributed by atoms with Gasteiger partial charge in [0.25, 0.3) is 0 Å². The molecule has 2 heterocycles. The normalized spacial score (nSPS) is 12.7. The van der Waals surface area contributed by atoms with E-state index in [4.69, 9.17) is 0 Å². The Hall–Kier alpha value is -2.97. The van der Waals surface area contributed by atoms with Gasteiger partial charge in [-0.3, -0.25) is 0 Å². The number of H-pyrrole nitrogens is 1. The second-order valence-electron chi connectivity index (χ2n) is 5.70. The summed E-state index contributed by atoms with van der Waals surface area (Å²) >= 11 is 1.76. The van der Waals surface area contributed by atoms with E-state index in [0.717, 1.165) is 23.1 Å². The van der Waals surface area contributed by atoms with Gasteiger partial charge in [0.2, 0.25) is 0 Å². The van der Waals surface area contributed by atoms with Crippen LogP contribution >= 0.6 is 11.3 Å². The molecule has 0 bridgehead atoms. The fraction of sp³-hybridized carbons (Fsp3) is 0.105. The molecule has 0 amide bonds. The first-order valence-corrected chi connectivity index (χ1v) is 8.51. The number of rotatable bonds is 2. The molecule has 0 fully saturated rings. The average Bonchev–Trinajstić information content (AvgIpc) is 3.15. The molecule has 0 atom stereocenters. The Kier molecular flexibility index (Phi) is 3.60. The minimum atomic E-state index is 0.321. The Morgan fingerprint density at radius 1 is 1.17 bits per heavy atom. The molecule has 0 saturated carbocycles. The minimum absolute atomic E-state index is 0.321. The van der Waals surface area contributed by atoms with E-state index in [1.54, 1.807) is 11.3 Å². The lowest BCUT2D eigenvalue weighted by Crippen LogP contribution is -1.89. The second kappa shape index (κ2) is 5.91. The number of aromatic nitrogens is 3. The SMILES string of the molecule is Cc1cc(-c2csc3c2CC=CC=C3)cc(-c2n[nH]nc2C#N)c1. The number of allylic oxidation sites excluding steroid dienone is 3. The van der Waals surface area contributed by atoms with Crippen LogP contribution in [0.2, 0.25) is 0 Å². The van der Waals surface area contributed by atoms with Gasteiger partial charge in [0.05, 0.1) is 0 Å². The molecule has 0 saturated heterocycles. The third-order valence-corrected chi connectivity index (χ3v) is 5.05. The first-order valence-electron chi connectivity index (χ1n) is 7.63. The number of aromatic amines is 1. The molecule has 1 N–H and O–H groups in total. The van der Waals surface area contributed by atoms with E-state index in [2.05, 4.69) is 70.2 Å². The molecule has 1 aromatic carbocycles. The summed E-state index contributed by atoms with van der Waals surface area (Å²) in [5, 5.41) is 22.0. The molecule has 0 unspecified atom stereocenters. The topological polar surface area (TPSA) is 65.4 Å². The number of aryl methyl sites for hydroxylation is 1. The van der Waals surface area contributed by atoms with Crippen LogP contribution in [0.3, 0.4) is 0 Å². The van der Waals surface area contributed by atoms with Crippen LogP contribution in [0.1, 0.15) is 21.7 Å². The van der Waals surface area contributed by atoms with Crippen LogP contribution in [0.4, 0.5) is 0 Å². The molecular weight excluding hydrogens is 316 g/mol. The largest absolute Gasteiger partial charge is 0.196 e. The summed E-state index contributed by atoms with van der Waals surface area (Å²) in [5.74, 6) is 0. The monoisotopic (exact) mass is 330 g/mol. The van der Waals surface area contributed by atoms with Crippen LogP contribution in [0.15, 0.2) is 41.8 Å². The van der Waals surface area contributed by atoms with E-state index in [1.165, 1.54) is 16.0 Å². The van der Waals surface area contributed by atoms with Crippen molar-refractivity contribution in [3.05, 3.63) is 63.5 Å². The van der Waals surface area contributed by atoms with Crippen molar-refractivity contribution in [2.24, 2.45) is 0 Å².